The second-order valence-corrected chi connectivity index (χ2v) is 8.13. The van der Waals surface area contributed by atoms with Crippen LogP contribution in [-0.4, -0.2) is 49.1 Å². The van der Waals surface area contributed by atoms with Crippen molar-refractivity contribution >= 4 is 17.5 Å². The van der Waals surface area contributed by atoms with Gasteiger partial charge in [0, 0.05) is 12.0 Å². The summed E-state index contributed by atoms with van der Waals surface area (Å²) in [6.45, 7) is 3.88. The molecule has 1 heterocycles. The molecular weight excluding hydrogens is 440 g/mol. The molecule has 1 aliphatic heterocycles. The highest BCUT2D eigenvalue weighted by molar-refractivity contribution is 6.11. The molecular formula is C26H28O8. The average Bonchev–Trinajstić information content (AvgIpc) is 3.08. The summed E-state index contributed by atoms with van der Waals surface area (Å²) in [5.74, 6) is -1.82. The number of carbonyl (C=O) groups excluding carboxylic acids is 2. The summed E-state index contributed by atoms with van der Waals surface area (Å²) in [5.41, 5.74) is 0.606. The van der Waals surface area contributed by atoms with E-state index >= 15 is 0 Å². The Morgan fingerprint density at radius 3 is 2.29 bits per heavy atom. The minimum atomic E-state index is -1.94. The zero-order chi connectivity index (χ0) is 25.0. The van der Waals surface area contributed by atoms with Crippen LogP contribution in [-0.2, 0) is 31.9 Å². The van der Waals surface area contributed by atoms with Crippen LogP contribution in [0.15, 0.2) is 53.8 Å². The summed E-state index contributed by atoms with van der Waals surface area (Å²) < 4.78 is 21.0. The van der Waals surface area contributed by atoms with Crippen LogP contribution in [0, 0.1) is 0 Å². The van der Waals surface area contributed by atoms with Crippen LogP contribution in [0.1, 0.15) is 30.5 Å². The van der Waals surface area contributed by atoms with E-state index in [4.69, 9.17) is 18.9 Å². The van der Waals surface area contributed by atoms with Crippen molar-refractivity contribution in [2.75, 3.05) is 21.3 Å². The van der Waals surface area contributed by atoms with E-state index in [0.717, 1.165) is 5.57 Å². The lowest BCUT2D eigenvalue weighted by molar-refractivity contribution is -0.169. The molecule has 0 saturated heterocycles. The number of aliphatic hydroxyl groups excluding tert-OH is 1. The number of aromatic hydroxyl groups is 1. The number of cyclic esters (lactones) is 1. The third-order valence-electron chi connectivity index (χ3n) is 5.61. The normalized spacial score (nSPS) is 17.3. The highest BCUT2D eigenvalue weighted by Gasteiger charge is 2.55. The van der Waals surface area contributed by atoms with Gasteiger partial charge in [0.15, 0.2) is 11.5 Å². The molecule has 0 saturated carbocycles. The molecule has 0 aromatic heterocycles. The molecule has 0 fully saturated rings. The van der Waals surface area contributed by atoms with Crippen molar-refractivity contribution in [3.63, 3.8) is 0 Å². The molecule has 3 rings (SSSR count). The number of benzene rings is 2. The van der Waals surface area contributed by atoms with Crippen molar-refractivity contribution < 1.29 is 38.7 Å². The fourth-order valence-electron chi connectivity index (χ4n) is 3.93. The molecule has 180 valence electrons. The maximum absolute atomic E-state index is 13.1. The van der Waals surface area contributed by atoms with Crippen molar-refractivity contribution in [2.45, 2.75) is 32.3 Å². The van der Waals surface area contributed by atoms with Crippen molar-refractivity contribution in [1.82, 2.24) is 0 Å². The summed E-state index contributed by atoms with van der Waals surface area (Å²) in [7, 11) is 4.11. The topological polar surface area (TPSA) is 112 Å². The minimum absolute atomic E-state index is 0.00936. The Bertz CT molecular complexity index is 1160. The van der Waals surface area contributed by atoms with Crippen molar-refractivity contribution in [3.05, 3.63) is 70.5 Å². The minimum Gasteiger partial charge on any atom is -0.504 e. The number of esters is 2. The molecule has 8 nitrogen and oxygen atoms in total. The number of allylic oxidation sites excluding steroid dienone is 2. The zero-order valence-electron chi connectivity index (χ0n) is 19.8. The Balaban J connectivity index is 2.16. The Labute approximate surface area is 198 Å². The number of aliphatic hydroxyl groups is 1. The first-order valence-corrected chi connectivity index (χ1v) is 10.6. The molecule has 2 N–H and O–H groups in total. The fourth-order valence-corrected chi connectivity index (χ4v) is 3.93. The first-order chi connectivity index (χ1) is 16.2. The number of phenols is 1. The van der Waals surface area contributed by atoms with Gasteiger partial charge >= 0.3 is 11.9 Å². The van der Waals surface area contributed by atoms with E-state index in [2.05, 4.69) is 0 Å². The maximum atomic E-state index is 13.1. The van der Waals surface area contributed by atoms with Gasteiger partial charge in [0.05, 0.1) is 26.9 Å². The first-order valence-electron chi connectivity index (χ1n) is 10.6. The van der Waals surface area contributed by atoms with Crippen LogP contribution in [0.3, 0.4) is 0 Å². The standard InChI is InChI=1S/C26H28O8/c1-15(2)6-7-18-12-16(13-20(32-4)22(18)27)14-26(25(30)33-5)21(23(28)24(29)34-26)17-8-10-19(31-3)11-9-17/h6,8-13,27-28H,7,14H2,1-5H3/t26-/m1/s1. The molecule has 1 atom stereocenters. The predicted octanol–water partition coefficient (Wildman–Crippen LogP) is 3.90. The van der Waals surface area contributed by atoms with E-state index in [1.165, 1.54) is 21.3 Å². The Kier molecular flexibility index (Phi) is 7.20. The lowest BCUT2D eigenvalue weighted by Gasteiger charge is -2.28. The van der Waals surface area contributed by atoms with Crippen LogP contribution >= 0.6 is 0 Å². The second kappa shape index (κ2) is 9.91. The average molecular weight is 469 g/mol. The van der Waals surface area contributed by atoms with Crippen molar-refractivity contribution in [2.24, 2.45) is 0 Å². The van der Waals surface area contributed by atoms with Gasteiger partial charge in [0.2, 0.25) is 11.4 Å². The van der Waals surface area contributed by atoms with Gasteiger partial charge in [0.25, 0.3) is 0 Å². The van der Waals surface area contributed by atoms with Gasteiger partial charge in [-0.15, -0.1) is 0 Å². The predicted molar refractivity (Wildman–Crippen MR) is 125 cm³/mol. The molecule has 0 radical (unpaired) electrons. The monoisotopic (exact) mass is 468 g/mol. The van der Waals surface area contributed by atoms with Crippen molar-refractivity contribution in [1.29, 1.82) is 0 Å². The van der Waals surface area contributed by atoms with E-state index in [-0.39, 0.29) is 23.5 Å². The molecule has 0 amide bonds. The van der Waals surface area contributed by atoms with Gasteiger partial charge in [-0.05, 0) is 49.6 Å². The third kappa shape index (κ3) is 4.57. The van der Waals surface area contributed by atoms with Crippen LogP contribution in [0.5, 0.6) is 17.2 Å². The van der Waals surface area contributed by atoms with Crippen LogP contribution < -0.4 is 9.47 Å². The number of methoxy groups -OCH3 is 3. The Morgan fingerprint density at radius 1 is 1.06 bits per heavy atom. The molecule has 2 aromatic carbocycles. The molecule has 8 heteroatoms. The van der Waals surface area contributed by atoms with Gasteiger partial charge < -0.3 is 29.2 Å². The molecule has 0 bridgehead atoms. The number of hydrogen-bond donors (Lipinski definition) is 2. The van der Waals surface area contributed by atoms with Gasteiger partial charge in [-0.1, -0.05) is 29.8 Å². The largest absolute Gasteiger partial charge is 0.504 e. The number of rotatable bonds is 8. The molecule has 0 unspecified atom stereocenters. The van der Waals surface area contributed by atoms with Crippen LogP contribution in [0.4, 0.5) is 0 Å². The molecule has 34 heavy (non-hydrogen) atoms. The van der Waals surface area contributed by atoms with Crippen LogP contribution in [0.25, 0.3) is 5.57 Å². The van der Waals surface area contributed by atoms with E-state index < -0.39 is 23.3 Å². The zero-order valence-corrected chi connectivity index (χ0v) is 19.8. The summed E-state index contributed by atoms with van der Waals surface area (Å²) >= 11 is 0. The molecule has 2 aromatic rings. The van der Waals surface area contributed by atoms with Gasteiger partial charge in [-0.2, -0.15) is 0 Å². The highest BCUT2D eigenvalue weighted by atomic mass is 16.6. The summed E-state index contributed by atoms with van der Waals surface area (Å²) in [4.78, 5) is 25.6. The lowest BCUT2D eigenvalue weighted by Crippen LogP contribution is -2.44. The van der Waals surface area contributed by atoms with Gasteiger partial charge in [-0.25, -0.2) is 9.59 Å². The smallest absolute Gasteiger partial charge is 0.375 e. The summed E-state index contributed by atoms with van der Waals surface area (Å²) in [6, 6.07) is 9.77. The van der Waals surface area contributed by atoms with Crippen molar-refractivity contribution in [3.8, 4) is 17.2 Å². The number of phenolic OH excluding ortho intramolecular Hbond substituents is 1. The Morgan fingerprint density at radius 2 is 1.74 bits per heavy atom. The summed E-state index contributed by atoms with van der Waals surface area (Å²) in [6.07, 6.45) is 2.21. The number of carbonyl (C=O) groups is 2. The molecule has 0 spiro atoms. The van der Waals surface area contributed by atoms with Crippen LogP contribution in [0.2, 0.25) is 0 Å². The first kappa shape index (κ1) is 24.7. The lowest BCUT2D eigenvalue weighted by atomic mass is 9.82. The van der Waals surface area contributed by atoms with E-state index in [9.17, 15) is 19.8 Å². The van der Waals surface area contributed by atoms with E-state index in [1.807, 2.05) is 19.9 Å². The van der Waals surface area contributed by atoms with Gasteiger partial charge in [-0.3, -0.25) is 0 Å². The van der Waals surface area contributed by atoms with E-state index in [1.54, 1.807) is 36.4 Å². The SMILES string of the molecule is COC(=O)[C@]1(Cc2cc(CC=C(C)C)c(O)c(OC)c2)OC(=O)C(O)=C1c1ccc(OC)cc1. The summed E-state index contributed by atoms with van der Waals surface area (Å²) in [5, 5.41) is 21.2. The Hall–Kier alpha value is -3.94. The second-order valence-electron chi connectivity index (χ2n) is 8.13. The number of ether oxygens (including phenoxy) is 4. The quantitative estimate of drug-likeness (QED) is 0.443. The molecule has 0 aliphatic carbocycles. The van der Waals surface area contributed by atoms with Gasteiger partial charge in [0.1, 0.15) is 5.75 Å². The number of hydrogen-bond acceptors (Lipinski definition) is 8. The highest BCUT2D eigenvalue weighted by Crippen LogP contribution is 2.44. The third-order valence-corrected chi connectivity index (χ3v) is 5.61. The fraction of sp³-hybridized carbons (Fsp3) is 0.308. The maximum Gasteiger partial charge on any atom is 0.375 e. The molecule has 1 aliphatic rings. The van der Waals surface area contributed by atoms with E-state index in [0.29, 0.717) is 28.9 Å².